The van der Waals surface area contributed by atoms with Gasteiger partial charge < -0.3 is 10.6 Å². The summed E-state index contributed by atoms with van der Waals surface area (Å²) in [5.41, 5.74) is 1.19. The van der Waals surface area contributed by atoms with Gasteiger partial charge >= 0.3 is 0 Å². The molecule has 19 heavy (non-hydrogen) atoms. The van der Waals surface area contributed by atoms with Gasteiger partial charge in [0, 0.05) is 30.8 Å². The first-order valence-corrected chi connectivity index (χ1v) is 6.85. The number of amides is 1. The maximum Gasteiger partial charge on any atom is 0.221 e. The van der Waals surface area contributed by atoms with Crippen molar-refractivity contribution in [2.75, 3.05) is 20.1 Å². The summed E-state index contributed by atoms with van der Waals surface area (Å²) in [6, 6.07) is 0. The zero-order valence-electron chi connectivity index (χ0n) is 11.6. The Labute approximate surface area is 131 Å². The summed E-state index contributed by atoms with van der Waals surface area (Å²) in [6.07, 6.45) is 2.35. The van der Waals surface area contributed by atoms with Crippen molar-refractivity contribution >= 4 is 42.1 Å². The van der Waals surface area contributed by atoms with Gasteiger partial charge in [0.2, 0.25) is 5.91 Å². The average Bonchev–Trinajstić information content (AvgIpc) is 2.67. The summed E-state index contributed by atoms with van der Waals surface area (Å²) in [4.78, 5) is 17.2. The van der Waals surface area contributed by atoms with Crippen LogP contribution in [-0.4, -0.2) is 31.0 Å². The lowest BCUT2D eigenvalue weighted by molar-refractivity contribution is -0.120. The number of nitrogens with zero attached hydrogens (tertiary/aromatic N) is 1. The van der Waals surface area contributed by atoms with E-state index in [1.165, 1.54) is 10.6 Å². The molecule has 0 aliphatic carbocycles. The van der Waals surface area contributed by atoms with E-state index in [2.05, 4.69) is 29.5 Å². The molecule has 2 N–H and O–H groups in total. The number of thiazole rings is 1. The van der Waals surface area contributed by atoms with E-state index in [-0.39, 0.29) is 30.7 Å². The van der Waals surface area contributed by atoms with Crippen molar-refractivity contribution < 1.29 is 4.79 Å². The summed E-state index contributed by atoms with van der Waals surface area (Å²) in [5.74, 6) is 0.100. The number of nitrogens with one attached hydrogen (secondary N) is 2. The van der Waals surface area contributed by atoms with Crippen LogP contribution in [0.25, 0.3) is 0 Å². The van der Waals surface area contributed by atoms with E-state index >= 15 is 0 Å². The second kappa shape index (κ2) is 11.5. The molecular weight excluding hydrogens is 305 g/mol. The highest BCUT2D eigenvalue weighted by Gasteiger charge is 2.06. The van der Waals surface area contributed by atoms with Crippen molar-refractivity contribution in [3.63, 3.8) is 0 Å². The number of halogens is 2. The number of carbonyl (C=O) groups is 1. The van der Waals surface area contributed by atoms with Crippen LogP contribution < -0.4 is 10.6 Å². The first kappa shape index (κ1) is 20.9. The topological polar surface area (TPSA) is 54.0 Å². The van der Waals surface area contributed by atoms with E-state index in [1.807, 2.05) is 7.05 Å². The van der Waals surface area contributed by atoms with Crippen molar-refractivity contribution in [1.29, 1.82) is 0 Å². The smallest absolute Gasteiger partial charge is 0.221 e. The van der Waals surface area contributed by atoms with Crippen molar-refractivity contribution in [2.45, 2.75) is 33.1 Å². The molecule has 0 fully saturated rings. The van der Waals surface area contributed by atoms with Crippen molar-refractivity contribution in [1.82, 2.24) is 15.6 Å². The Bertz CT molecular complexity index is 372. The van der Waals surface area contributed by atoms with E-state index in [1.54, 1.807) is 11.3 Å². The van der Waals surface area contributed by atoms with Gasteiger partial charge in [-0.25, -0.2) is 4.98 Å². The van der Waals surface area contributed by atoms with Gasteiger partial charge in [-0.15, -0.1) is 36.2 Å². The fourth-order valence-corrected chi connectivity index (χ4v) is 2.58. The van der Waals surface area contributed by atoms with Gasteiger partial charge in [0.15, 0.2) is 0 Å². The number of aryl methyl sites for hydroxylation is 2. The van der Waals surface area contributed by atoms with Crippen LogP contribution in [0.4, 0.5) is 0 Å². The standard InChI is InChI=1S/C12H21N3OS.2ClH/c1-4-10-9(2)17-12(15-10)6-8-14-11(16)5-7-13-3;;/h13H,4-8H2,1-3H3,(H,14,16);2*1H. The molecule has 1 rings (SSSR count). The lowest BCUT2D eigenvalue weighted by Crippen LogP contribution is -2.28. The van der Waals surface area contributed by atoms with Crippen LogP contribution in [-0.2, 0) is 17.6 Å². The van der Waals surface area contributed by atoms with E-state index in [9.17, 15) is 4.79 Å². The molecule has 4 nitrogen and oxygen atoms in total. The van der Waals surface area contributed by atoms with Crippen LogP contribution in [0.5, 0.6) is 0 Å². The minimum absolute atomic E-state index is 0. The molecule has 1 aromatic heterocycles. The third-order valence-corrected chi connectivity index (χ3v) is 3.61. The fraction of sp³-hybridized carbons (Fsp3) is 0.667. The number of rotatable bonds is 7. The molecule has 1 aromatic rings. The van der Waals surface area contributed by atoms with Gasteiger partial charge in [0.05, 0.1) is 10.7 Å². The summed E-state index contributed by atoms with van der Waals surface area (Å²) in [5, 5.41) is 6.97. The highest BCUT2D eigenvalue weighted by atomic mass is 35.5. The maximum atomic E-state index is 11.4. The molecule has 0 bridgehead atoms. The predicted octanol–water partition coefficient (Wildman–Crippen LogP) is 2.13. The van der Waals surface area contributed by atoms with E-state index in [0.717, 1.165) is 24.4 Å². The Morgan fingerprint density at radius 2 is 2.00 bits per heavy atom. The van der Waals surface area contributed by atoms with Crippen LogP contribution in [0.1, 0.15) is 28.9 Å². The van der Waals surface area contributed by atoms with Crippen LogP contribution in [0, 0.1) is 6.92 Å². The van der Waals surface area contributed by atoms with Gasteiger partial charge in [0.1, 0.15) is 0 Å². The van der Waals surface area contributed by atoms with Crippen LogP contribution >= 0.6 is 36.2 Å². The van der Waals surface area contributed by atoms with Gasteiger partial charge in [-0.05, 0) is 20.4 Å². The van der Waals surface area contributed by atoms with E-state index in [0.29, 0.717) is 13.0 Å². The maximum absolute atomic E-state index is 11.4. The molecule has 0 saturated carbocycles. The summed E-state index contributed by atoms with van der Waals surface area (Å²) >= 11 is 1.73. The predicted molar refractivity (Wildman–Crippen MR) is 86.0 cm³/mol. The Balaban J connectivity index is 0. The number of hydrogen-bond donors (Lipinski definition) is 2. The lowest BCUT2D eigenvalue weighted by atomic mass is 10.3. The van der Waals surface area contributed by atoms with Crippen LogP contribution in [0.3, 0.4) is 0 Å². The molecule has 0 spiro atoms. The highest BCUT2D eigenvalue weighted by Crippen LogP contribution is 2.17. The van der Waals surface area contributed by atoms with E-state index in [4.69, 9.17) is 0 Å². The molecule has 7 heteroatoms. The second-order valence-corrected chi connectivity index (χ2v) is 5.21. The molecular formula is C12H23Cl2N3OS. The van der Waals surface area contributed by atoms with Crippen LogP contribution in [0.2, 0.25) is 0 Å². The van der Waals surface area contributed by atoms with Crippen molar-refractivity contribution in [2.24, 2.45) is 0 Å². The molecule has 1 amide bonds. The Kier molecular flexibility index (Phi) is 12.6. The summed E-state index contributed by atoms with van der Waals surface area (Å²) in [7, 11) is 1.85. The SMILES string of the molecule is CCc1nc(CCNC(=O)CCNC)sc1C.Cl.Cl. The first-order valence-electron chi connectivity index (χ1n) is 6.03. The van der Waals surface area contributed by atoms with Crippen LogP contribution in [0.15, 0.2) is 0 Å². The quantitative estimate of drug-likeness (QED) is 0.806. The normalized spacial score (nSPS) is 9.42. The number of aromatic nitrogens is 1. The molecule has 0 atom stereocenters. The Morgan fingerprint density at radius 3 is 2.53 bits per heavy atom. The number of hydrogen-bond acceptors (Lipinski definition) is 4. The van der Waals surface area contributed by atoms with Crippen molar-refractivity contribution in [3.05, 3.63) is 15.6 Å². The minimum Gasteiger partial charge on any atom is -0.356 e. The highest BCUT2D eigenvalue weighted by molar-refractivity contribution is 7.11. The minimum atomic E-state index is 0. The summed E-state index contributed by atoms with van der Waals surface area (Å²) < 4.78 is 0. The zero-order chi connectivity index (χ0) is 12.7. The molecule has 0 radical (unpaired) electrons. The molecule has 0 saturated heterocycles. The zero-order valence-corrected chi connectivity index (χ0v) is 14.1. The molecule has 0 aliphatic rings. The number of carbonyl (C=O) groups excluding carboxylic acids is 1. The molecule has 112 valence electrons. The second-order valence-electron chi connectivity index (χ2n) is 3.92. The van der Waals surface area contributed by atoms with Crippen molar-refractivity contribution in [3.8, 4) is 0 Å². The molecule has 0 aromatic carbocycles. The van der Waals surface area contributed by atoms with Gasteiger partial charge in [-0.2, -0.15) is 0 Å². The fourth-order valence-electron chi connectivity index (χ4n) is 1.56. The summed E-state index contributed by atoms with van der Waals surface area (Å²) in [6.45, 7) is 5.62. The van der Waals surface area contributed by atoms with E-state index < -0.39 is 0 Å². The Morgan fingerprint density at radius 1 is 1.32 bits per heavy atom. The third-order valence-electron chi connectivity index (χ3n) is 2.53. The largest absolute Gasteiger partial charge is 0.356 e. The molecule has 0 aliphatic heterocycles. The van der Waals surface area contributed by atoms with Gasteiger partial charge in [0.25, 0.3) is 0 Å². The molecule has 1 heterocycles. The third kappa shape index (κ3) is 7.72. The Hall–Kier alpha value is -0.360. The monoisotopic (exact) mass is 327 g/mol. The average molecular weight is 328 g/mol. The van der Waals surface area contributed by atoms with Gasteiger partial charge in [-0.3, -0.25) is 4.79 Å². The first-order chi connectivity index (χ1) is 8.17. The molecule has 0 unspecified atom stereocenters. The lowest BCUT2D eigenvalue weighted by Gasteiger charge is -2.03. The van der Waals surface area contributed by atoms with Gasteiger partial charge in [-0.1, -0.05) is 6.92 Å².